The summed E-state index contributed by atoms with van der Waals surface area (Å²) in [5, 5.41) is 7.10. The zero-order valence-electron chi connectivity index (χ0n) is 16.0. The number of esters is 1. The molecule has 148 valence electrons. The van der Waals surface area contributed by atoms with Gasteiger partial charge in [0.2, 0.25) is 5.91 Å². The Labute approximate surface area is 168 Å². The molecule has 0 saturated heterocycles. The minimum Gasteiger partial charge on any atom is -0.465 e. The van der Waals surface area contributed by atoms with Gasteiger partial charge in [0.25, 0.3) is 5.56 Å². The van der Waals surface area contributed by atoms with Gasteiger partial charge in [0.1, 0.15) is 0 Å². The number of aromatic nitrogens is 2. The molecule has 0 fully saturated rings. The summed E-state index contributed by atoms with van der Waals surface area (Å²) in [6, 6.07) is 19.4. The van der Waals surface area contributed by atoms with E-state index in [9.17, 15) is 14.4 Å². The molecule has 0 saturated carbocycles. The minimum absolute atomic E-state index is 0.180. The second kappa shape index (κ2) is 9.45. The molecule has 29 heavy (non-hydrogen) atoms. The van der Waals surface area contributed by atoms with Gasteiger partial charge in [-0.2, -0.15) is 5.10 Å². The summed E-state index contributed by atoms with van der Waals surface area (Å²) in [5.41, 5.74) is 2.07. The number of benzene rings is 2. The smallest absolute Gasteiger partial charge is 0.339 e. The number of hydrogen-bond acceptors (Lipinski definition) is 5. The molecule has 0 aliphatic heterocycles. The molecule has 3 aromatic rings. The maximum atomic E-state index is 12.3. The molecule has 0 aliphatic carbocycles. The van der Waals surface area contributed by atoms with Crippen LogP contribution in [-0.2, 0) is 16.1 Å². The van der Waals surface area contributed by atoms with Crippen molar-refractivity contribution < 1.29 is 14.3 Å². The topological polar surface area (TPSA) is 90.3 Å². The first-order valence-electron chi connectivity index (χ1n) is 9.19. The minimum atomic E-state index is -0.519. The van der Waals surface area contributed by atoms with Crippen LogP contribution in [0.1, 0.15) is 23.2 Å². The van der Waals surface area contributed by atoms with E-state index in [1.165, 1.54) is 17.9 Å². The molecule has 1 N–H and O–H groups in total. The Morgan fingerprint density at radius 1 is 1.00 bits per heavy atom. The molecule has 7 heteroatoms. The third kappa shape index (κ3) is 5.16. The third-order valence-electron chi connectivity index (χ3n) is 4.32. The van der Waals surface area contributed by atoms with E-state index in [0.717, 1.165) is 5.56 Å². The maximum absolute atomic E-state index is 12.3. The molecule has 3 rings (SSSR count). The van der Waals surface area contributed by atoms with Crippen molar-refractivity contribution >= 4 is 17.6 Å². The second-order valence-corrected chi connectivity index (χ2v) is 6.33. The summed E-state index contributed by atoms with van der Waals surface area (Å²) in [5.74, 6) is -0.775. The quantitative estimate of drug-likeness (QED) is 0.625. The molecule has 2 aromatic carbocycles. The Balaban J connectivity index is 1.61. The summed E-state index contributed by atoms with van der Waals surface area (Å²) in [6.45, 7) is 0.311. The third-order valence-corrected chi connectivity index (χ3v) is 4.32. The number of nitrogens with zero attached hydrogens (tertiary/aromatic N) is 2. The molecular formula is C22H21N3O4. The van der Waals surface area contributed by atoms with Crippen LogP contribution in [-0.4, -0.2) is 28.8 Å². The van der Waals surface area contributed by atoms with Gasteiger partial charge in [0.05, 0.1) is 24.1 Å². The lowest BCUT2D eigenvalue weighted by atomic mass is 10.1. The molecule has 1 aromatic heterocycles. The SMILES string of the molecule is COC(=O)c1ccccc1NC(=O)CCCn1nc(-c2ccccc2)ccc1=O. The number of methoxy groups -OCH3 is 1. The van der Waals surface area contributed by atoms with Crippen LogP contribution in [0.4, 0.5) is 5.69 Å². The van der Waals surface area contributed by atoms with E-state index in [4.69, 9.17) is 4.74 Å². The number of amides is 1. The van der Waals surface area contributed by atoms with Crippen LogP contribution in [0.15, 0.2) is 71.5 Å². The first-order valence-corrected chi connectivity index (χ1v) is 9.19. The number of carbonyl (C=O) groups is 2. The van der Waals surface area contributed by atoms with Crippen molar-refractivity contribution in [2.24, 2.45) is 0 Å². The van der Waals surface area contributed by atoms with E-state index in [-0.39, 0.29) is 23.5 Å². The Kier molecular flexibility index (Phi) is 6.52. The van der Waals surface area contributed by atoms with Gasteiger partial charge in [-0.05, 0) is 24.6 Å². The number of rotatable bonds is 7. The zero-order valence-corrected chi connectivity index (χ0v) is 16.0. The molecule has 7 nitrogen and oxygen atoms in total. The van der Waals surface area contributed by atoms with Crippen LogP contribution in [0.2, 0.25) is 0 Å². The number of anilines is 1. The molecule has 0 bridgehead atoms. The van der Waals surface area contributed by atoms with E-state index in [0.29, 0.717) is 24.3 Å². The largest absolute Gasteiger partial charge is 0.465 e. The van der Waals surface area contributed by atoms with Crippen molar-refractivity contribution in [1.29, 1.82) is 0 Å². The molecule has 0 radical (unpaired) electrons. The Bertz CT molecular complexity index is 1060. The lowest BCUT2D eigenvalue weighted by Crippen LogP contribution is -2.23. The Morgan fingerprint density at radius 2 is 1.72 bits per heavy atom. The van der Waals surface area contributed by atoms with Gasteiger partial charge >= 0.3 is 5.97 Å². The lowest BCUT2D eigenvalue weighted by molar-refractivity contribution is -0.116. The monoisotopic (exact) mass is 391 g/mol. The standard InChI is InChI=1S/C22H21N3O4/c1-29-22(28)17-10-5-6-11-19(17)23-20(26)12-7-15-25-21(27)14-13-18(24-25)16-8-3-2-4-9-16/h2-6,8-11,13-14H,7,12,15H2,1H3,(H,23,26). The summed E-state index contributed by atoms with van der Waals surface area (Å²) in [4.78, 5) is 36.1. The summed E-state index contributed by atoms with van der Waals surface area (Å²) < 4.78 is 6.08. The summed E-state index contributed by atoms with van der Waals surface area (Å²) in [6.07, 6.45) is 0.608. The first kappa shape index (κ1) is 20.0. The van der Waals surface area contributed by atoms with Crippen LogP contribution in [0.25, 0.3) is 11.3 Å². The van der Waals surface area contributed by atoms with Gasteiger partial charge in [0.15, 0.2) is 0 Å². The van der Waals surface area contributed by atoms with Crippen LogP contribution in [0.5, 0.6) is 0 Å². The van der Waals surface area contributed by atoms with Gasteiger partial charge < -0.3 is 10.1 Å². The summed E-state index contributed by atoms with van der Waals surface area (Å²) in [7, 11) is 1.29. The molecule has 0 unspecified atom stereocenters. The van der Waals surface area contributed by atoms with Crippen molar-refractivity contribution in [3.63, 3.8) is 0 Å². The van der Waals surface area contributed by atoms with E-state index >= 15 is 0 Å². The van der Waals surface area contributed by atoms with Crippen molar-refractivity contribution in [3.8, 4) is 11.3 Å². The van der Waals surface area contributed by atoms with Crippen molar-refractivity contribution in [2.75, 3.05) is 12.4 Å². The van der Waals surface area contributed by atoms with Gasteiger partial charge in [-0.3, -0.25) is 9.59 Å². The lowest BCUT2D eigenvalue weighted by Gasteiger charge is -2.10. The van der Waals surface area contributed by atoms with Gasteiger partial charge in [-0.15, -0.1) is 0 Å². The number of nitrogens with one attached hydrogen (secondary N) is 1. The van der Waals surface area contributed by atoms with Crippen molar-refractivity contribution in [3.05, 3.63) is 82.6 Å². The van der Waals surface area contributed by atoms with Crippen LogP contribution < -0.4 is 10.9 Å². The number of aryl methyl sites for hydroxylation is 1. The fraction of sp³-hybridized carbons (Fsp3) is 0.182. The van der Waals surface area contributed by atoms with E-state index in [2.05, 4.69) is 10.4 Å². The summed E-state index contributed by atoms with van der Waals surface area (Å²) >= 11 is 0. The van der Waals surface area contributed by atoms with E-state index in [1.807, 2.05) is 30.3 Å². The predicted octanol–water partition coefficient (Wildman–Crippen LogP) is 3.12. The average molecular weight is 391 g/mol. The number of hydrogen-bond donors (Lipinski definition) is 1. The van der Waals surface area contributed by atoms with Gasteiger partial charge in [-0.1, -0.05) is 42.5 Å². The van der Waals surface area contributed by atoms with Crippen molar-refractivity contribution in [2.45, 2.75) is 19.4 Å². The number of para-hydroxylation sites is 1. The Morgan fingerprint density at radius 3 is 2.48 bits per heavy atom. The maximum Gasteiger partial charge on any atom is 0.339 e. The highest BCUT2D eigenvalue weighted by atomic mass is 16.5. The molecular weight excluding hydrogens is 370 g/mol. The highest BCUT2D eigenvalue weighted by Gasteiger charge is 2.13. The van der Waals surface area contributed by atoms with E-state index in [1.54, 1.807) is 30.3 Å². The van der Waals surface area contributed by atoms with Crippen LogP contribution in [0.3, 0.4) is 0 Å². The number of ether oxygens (including phenoxy) is 1. The normalized spacial score (nSPS) is 10.4. The predicted molar refractivity (Wildman–Crippen MR) is 110 cm³/mol. The average Bonchev–Trinajstić information content (AvgIpc) is 2.75. The first-order chi connectivity index (χ1) is 14.1. The van der Waals surface area contributed by atoms with Gasteiger partial charge in [0, 0.05) is 24.6 Å². The zero-order chi connectivity index (χ0) is 20.6. The molecule has 0 aliphatic rings. The van der Waals surface area contributed by atoms with Crippen molar-refractivity contribution in [1.82, 2.24) is 9.78 Å². The van der Waals surface area contributed by atoms with E-state index < -0.39 is 5.97 Å². The molecule has 1 heterocycles. The molecule has 1 amide bonds. The highest BCUT2D eigenvalue weighted by molar-refractivity contribution is 6.01. The fourth-order valence-electron chi connectivity index (χ4n) is 2.85. The van der Waals surface area contributed by atoms with Crippen LogP contribution >= 0.6 is 0 Å². The second-order valence-electron chi connectivity index (χ2n) is 6.33. The Hall–Kier alpha value is -3.74. The molecule has 0 atom stereocenters. The number of carbonyl (C=O) groups excluding carboxylic acids is 2. The van der Waals surface area contributed by atoms with Gasteiger partial charge in [-0.25, -0.2) is 9.48 Å². The highest BCUT2D eigenvalue weighted by Crippen LogP contribution is 2.17. The molecule has 0 spiro atoms. The van der Waals surface area contributed by atoms with Crippen LogP contribution in [0, 0.1) is 0 Å². The fourth-order valence-corrected chi connectivity index (χ4v) is 2.85.